The number of fused-ring (bicyclic) bond motifs is 3. The Kier molecular flexibility index (Phi) is 4.98. The van der Waals surface area contributed by atoms with Crippen LogP contribution in [0.1, 0.15) is 34.1 Å². The molecule has 1 amide bonds. The molecule has 0 aliphatic heterocycles. The summed E-state index contributed by atoms with van der Waals surface area (Å²) < 4.78 is 10.6. The number of benzene rings is 2. The van der Waals surface area contributed by atoms with Crippen LogP contribution in [0.4, 0.5) is 4.79 Å². The zero-order valence-corrected chi connectivity index (χ0v) is 15.9. The molecule has 5 nitrogen and oxygen atoms in total. The van der Waals surface area contributed by atoms with Crippen molar-refractivity contribution in [3.05, 3.63) is 82.8 Å². The molecule has 0 saturated heterocycles. The van der Waals surface area contributed by atoms with Crippen molar-refractivity contribution >= 4 is 12.2 Å². The summed E-state index contributed by atoms with van der Waals surface area (Å²) in [5.41, 5.74) is 6.61. The summed E-state index contributed by atoms with van der Waals surface area (Å²) in [6.07, 6.45) is 3.32. The van der Waals surface area contributed by atoms with Crippen molar-refractivity contribution in [1.29, 1.82) is 0 Å². The van der Waals surface area contributed by atoms with Crippen LogP contribution in [0.5, 0.6) is 0 Å². The van der Waals surface area contributed by atoms with Gasteiger partial charge < -0.3 is 14.6 Å². The average molecular weight is 374 g/mol. The predicted molar refractivity (Wildman–Crippen MR) is 108 cm³/mol. The van der Waals surface area contributed by atoms with E-state index in [-0.39, 0.29) is 5.92 Å². The van der Waals surface area contributed by atoms with Gasteiger partial charge in [0.2, 0.25) is 0 Å². The second-order valence-electron chi connectivity index (χ2n) is 6.85. The van der Waals surface area contributed by atoms with Crippen molar-refractivity contribution in [3.8, 4) is 11.1 Å². The Morgan fingerprint density at radius 1 is 1.11 bits per heavy atom. The van der Waals surface area contributed by atoms with E-state index in [2.05, 4.69) is 34.7 Å². The molecule has 0 atom stereocenters. The summed E-state index contributed by atoms with van der Waals surface area (Å²) in [6, 6.07) is 16.6. The first kappa shape index (κ1) is 18.0. The molecule has 1 N–H and O–H groups in total. The second-order valence-corrected chi connectivity index (χ2v) is 6.85. The number of aryl methyl sites for hydroxylation is 2. The van der Waals surface area contributed by atoms with Gasteiger partial charge in [0.25, 0.3) is 0 Å². The number of ether oxygens (including phenoxy) is 1. The highest BCUT2D eigenvalue weighted by Gasteiger charge is 2.28. The third kappa shape index (κ3) is 3.43. The van der Waals surface area contributed by atoms with E-state index >= 15 is 0 Å². The first-order chi connectivity index (χ1) is 13.6. The molecule has 0 spiro atoms. The van der Waals surface area contributed by atoms with Gasteiger partial charge in [0, 0.05) is 18.0 Å². The molecule has 28 heavy (non-hydrogen) atoms. The number of carbonyl (C=O) groups is 1. The molecular weight excluding hydrogens is 352 g/mol. The van der Waals surface area contributed by atoms with E-state index < -0.39 is 6.09 Å². The number of carbonyl (C=O) groups excluding carboxylic acids is 1. The number of nitrogens with one attached hydrogen (secondary N) is 1. The van der Waals surface area contributed by atoms with Crippen LogP contribution in [0.3, 0.4) is 0 Å². The molecule has 0 bridgehead atoms. The maximum absolute atomic E-state index is 12.1. The van der Waals surface area contributed by atoms with Crippen molar-refractivity contribution in [2.45, 2.75) is 19.8 Å². The second kappa shape index (κ2) is 7.72. The first-order valence-electron chi connectivity index (χ1n) is 9.33. The van der Waals surface area contributed by atoms with Crippen molar-refractivity contribution in [2.75, 3.05) is 13.2 Å². The molecule has 0 unspecified atom stereocenters. The van der Waals surface area contributed by atoms with Crippen molar-refractivity contribution in [1.82, 2.24) is 10.5 Å². The zero-order valence-electron chi connectivity index (χ0n) is 15.9. The third-order valence-corrected chi connectivity index (χ3v) is 5.08. The fourth-order valence-corrected chi connectivity index (χ4v) is 3.70. The van der Waals surface area contributed by atoms with Gasteiger partial charge in [-0.25, -0.2) is 4.79 Å². The van der Waals surface area contributed by atoms with Gasteiger partial charge in [0.15, 0.2) is 0 Å². The Labute approximate surface area is 164 Å². The molecule has 2 aromatic carbocycles. The highest BCUT2D eigenvalue weighted by Crippen LogP contribution is 2.44. The number of hydrogen-bond acceptors (Lipinski definition) is 4. The molecule has 1 aliphatic rings. The van der Waals surface area contributed by atoms with Gasteiger partial charge >= 0.3 is 6.09 Å². The molecule has 1 heterocycles. The smallest absolute Gasteiger partial charge is 0.407 e. The van der Waals surface area contributed by atoms with Crippen LogP contribution in [0.25, 0.3) is 17.2 Å². The summed E-state index contributed by atoms with van der Waals surface area (Å²) >= 11 is 0. The number of nitrogens with zero attached hydrogens (tertiary/aromatic N) is 1. The highest BCUT2D eigenvalue weighted by molar-refractivity contribution is 5.79. The Hall–Kier alpha value is -3.34. The average Bonchev–Trinajstić information content (AvgIpc) is 3.21. The van der Waals surface area contributed by atoms with Crippen molar-refractivity contribution in [2.24, 2.45) is 0 Å². The summed E-state index contributed by atoms with van der Waals surface area (Å²) in [4.78, 5) is 12.1. The van der Waals surface area contributed by atoms with E-state index in [1.807, 2.05) is 50.3 Å². The Morgan fingerprint density at radius 2 is 1.75 bits per heavy atom. The minimum atomic E-state index is -0.426. The third-order valence-electron chi connectivity index (χ3n) is 5.08. The maximum atomic E-state index is 12.1. The lowest BCUT2D eigenvalue weighted by atomic mass is 9.98. The van der Waals surface area contributed by atoms with E-state index in [0.29, 0.717) is 13.2 Å². The van der Waals surface area contributed by atoms with Crippen LogP contribution in [-0.4, -0.2) is 24.4 Å². The molecule has 5 heteroatoms. The molecule has 0 fully saturated rings. The first-order valence-corrected chi connectivity index (χ1v) is 9.33. The number of amides is 1. The topological polar surface area (TPSA) is 64.4 Å². The van der Waals surface area contributed by atoms with E-state index in [1.165, 1.54) is 22.3 Å². The summed E-state index contributed by atoms with van der Waals surface area (Å²) in [7, 11) is 0. The molecule has 3 aromatic rings. The predicted octanol–water partition coefficient (Wildman–Crippen LogP) is 4.84. The molecule has 142 valence electrons. The SMILES string of the molecule is Cc1noc(C)c1C=CCNC(=O)OCC1c2ccccc2-c2ccccc21. The van der Waals surface area contributed by atoms with Crippen molar-refractivity contribution in [3.63, 3.8) is 0 Å². The van der Waals surface area contributed by atoms with Gasteiger partial charge in [-0.3, -0.25) is 0 Å². The fourth-order valence-electron chi connectivity index (χ4n) is 3.70. The Balaban J connectivity index is 1.35. The van der Waals surface area contributed by atoms with Gasteiger partial charge in [0.1, 0.15) is 12.4 Å². The van der Waals surface area contributed by atoms with Gasteiger partial charge in [0.05, 0.1) is 5.69 Å². The lowest BCUT2D eigenvalue weighted by Crippen LogP contribution is -2.26. The standard InChI is InChI=1S/C23H22N2O3/c1-15-17(16(2)28-25-15)12-7-13-24-23(26)27-14-22-20-10-5-3-8-18(20)19-9-4-6-11-21(19)22/h3-12,22H,13-14H2,1-2H3,(H,24,26). The molecule has 4 rings (SSSR count). The fraction of sp³-hybridized carbons (Fsp3) is 0.217. The molecule has 0 saturated carbocycles. The minimum Gasteiger partial charge on any atom is -0.449 e. The van der Waals surface area contributed by atoms with Gasteiger partial charge in [-0.05, 0) is 36.1 Å². The number of alkyl carbamates (subject to hydrolysis) is 1. The van der Waals surface area contributed by atoms with Crippen LogP contribution >= 0.6 is 0 Å². The van der Waals surface area contributed by atoms with Crippen LogP contribution in [0.15, 0.2) is 59.1 Å². The molecule has 1 aromatic heterocycles. The van der Waals surface area contributed by atoms with Crippen molar-refractivity contribution < 1.29 is 14.1 Å². The molecule has 0 radical (unpaired) electrons. The number of aromatic nitrogens is 1. The van der Waals surface area contributed by atoms with E-state index in [4.69, 9.17) is 9.26 Å². The van der Waals surface area contributed by atoms with Crippen LogP contribution < -0.4 is 5.32 Å². The number of rotatable bonds is 5. The van der Waals surface area contributed by atoms with E-state index in [1.54, 1.807) is 0 Å². The van der Waals surface area contributed by atoms with Gasteiger partial charge in [-0.1, -0.05) is 65.8 Å². The normalized spacial score (nSPS) is 12.8. The highest BCUT2D eigenvalue weighted by atomic mass is 16.5. The largest absolute Gasteiger partial charge is 0.449 e. The summed E-state index contributed by atoms with van der Waals surface area (Å²) in [5, 5.41) is 6.66. The van der Waals surface area contributed by atoms with Gasteiger partial charge in [-0.2, -0.15) is 0 Å². The quantitative estimate of drug-likeness (QED) is 0.694. The zero-order chi connectivity index (χ0) is 19.5. The lowest BCUT2D eigenvalue weighted by molar-refractivity contribution is 0.144. The van der Waals surface area contributed by atoms with E-state index in [0.717, 1.165) is 17.0 Å². The van der Waals surface area contributed by atoms with Crippen LogP contribution in [-0.2, 0) is 4.74 Å². The summed E-state index contributed by atoms with van der Waals surface area (Å²) in [5.74, 6) is 0.825. The minimum absolute atomic E-state index is 0.0657. The Bertz CT molecular complexity index is 971. The summed E-state index contributed by atoms with van der Waals surface area (Å²) in [6.45, 7) is 4.43. The molecular formula is C23H22N2O3. The Morgan fingerprint density at radius 3 is 2.36 bits per heavy atom. The number of hydrogen-bond donors (Lipinski definition) is 1. The maximum Gasteiger partial charge on any atom is 0.407 e. The monoisotopic (exact) mass is 374 g/mol. The van der Waals surface area contributed by atoms with Crippen LogP contribution in [0, 0.1) is 13.8 Å². The van der Waals surface area contributed by atoms with E-state index in [9.17, 15) is 4.79 Å². The lowest BCUT2D eigenvalue weighted by Gasteiger charge is -2.14. The van der Waals surface area contributed by atoms with Gasteiger partial charge in [-0.15, -0.1) is 0 Å². The molecule has 1 aliphatic carbocycles. The van der Waals surface area contributed by atoms with Crippen LogP contribution in [0.2, 0.25) is 0 Å².